The van der Waals surface area contributed by atoms with Crippen LogP contribution in [-0.4, -0.2) is 37.6 Å². The Kier molecular flexibility index (Phi) is 5.36. The third-order valence-electron chi connectivity index (χ3n) is 2.61. The minimum absolute atomic E-state index is 0.325. The van der Waals surface area contributed by atoms with Crippen molar-refractivity contribution in [3.8, 4) is 0 Å². The zero-order chi connectivity index (χ0) is 13.8. The van der Waals surface area contributed by atoms with Gasteiger partial charge in [-0.3, -0.25) is 0 Å². The predicted octanol–water partition coefficient (Wildman–Crippen LogP) is 0.527. The zero-order valence-electron chi connectivity index (χ0n) is 10.8. The molecule has 1 aliphatic rings. The molecule has 0 aromatic rings. The second-order valence-corrected chi connectivity index (χ2v) is 6.21. The topological polar surface area (TPSA) is 102 Å². The first kappa shape index (κ1) is 15.2. The summed E-state index contributed by atoms with van der Waals surface area (Å²) in [6.07, 6.45) is 1.24. The number of hydrogen-bond acceptors (Lipinski definition) is 5. The van der Waals surface area contributed by atoms with Crippen molar-refractivity contribution in [1.82, 2.24) is 9.03 Å². The van der Waals surface area contributed by atoms with Crippen molar-refractivity contribution in [3.05, 3.63) is 0 Å². The van der Waals surface area contributed by atoms with E-state index in [1.54, 1.807) is 13.8 Å². The Morgan fingerprint density at radius 3 is 2.67 bits per heavy atom. The number of nitrogens with one attached hydrogen (secondary N) is 1. The molecule has 0 aromatic heterocycles. The van der Waals surface area contributed by atoms with Gasteiger partial charge in [0.1, 0.15) is 0 Å². The Hall–Kier alpha value is -0.860. The molecule has 8 heteroatoms. The highest BCUT2D eigenvalue weighted by Gasteiger charge is 2.30. The van der Waals surface area contributed by atoms with E-state index in [1.165, 1.54) is 0 Å². The summed E-state index contributed by atoms with van der Waals surface area (Å²) in [5.74, 6) is 0. The molecule has 1 aliphatic heterocycles. The Bertz CT molecular complexity index is 383. The van der Waals surface area contributed by atoms with Crippen molar-refractivity contribution < 1.29 is 17.9 Å². The molecular weight excluding hydrogens is 258 g/mol. The molecule has 0 bridgehead atoms. The van der Waals surface area contributed by atoms with Gasteiger partial charge in [-0.05, 0) is 26.7 Å². The van der Waals surface area contributed by atoms with Crippen LogP contribution in [0.5, 0.6) is 0 Å². The molecule has 1 fully saturated rings. The second-order valence-electron chi connectivity index (χ2n) is 4.59. The van der Waals surface area contributed by atoms with Crippen LogP contribution in [0.2, 0.25) is 0 Å². The van der Waals surface area contributed by atoms with E-state index < -0.39 is 22.5 Å². The van der Waals surface area contributed by atoms with Crippen molar-refractivity contribution >= 4 is 16.3 Å². The lowest BCUT2D eigenvalue weighted by Gasteiger charge is -2.25. The summed E-state index contributed by atoms with van der Waals surface area (Å²) in [5, 5.41) is 0. The number of rotatable bonds is 3. The molecule has 0 spiro atoms. The molecule has 0 aromatic carbocycles. The van der Waals surface area contributed by atoms with Crippen molar-refractivity contribution in [2.45, 2.75) is 51.8 Å². The third kappa shape index (κ3) is 4.43. The monoisotopic (exact) mass is 279 g/mol. The summed E-state index contributed by atoms with van der Waals surface area (Å²) >= 11 is 0. The van der Waals surface area contributed by atoms with Gasteiger partial charge in [0.2, 0.25) is 0 Å². The lowest BCUT2D eigenvalue weighted by molar-refractivity contribution is 0.120. The smallest absolute Gasteiger partial charge is 0.422 e. The molecule has 1 heterocycles. The van der Waals surface area contributed by atoms with Gasteiger partial charge in [-0.1, -0.05) is 12.8 Å². The molecule has 3 N–H and O–H groups in total. The normalized spacial score (nSPS) is 22.6. The highest BCUT2D eigenvalue weighted by molar-refractivity contribution is 7.87. The number of carbonyl (C=O) groups is 1. The summed E-state index contributed by atoms with van der Waals surface area (Å²) in [6, 6.07) is 0. The van der Waals surface area contributed by atoms with E-state index in [-0.39, 0.29) is 6.10 Å². The zero-order valence-corrected chi connectivity index (χ0v) is 11.6. The van der Waals surface area contributed by atoms with E-state index >= 15 is 0 Å². The Morgan fingerprint density at radius 1 is 1.39 bits per heavy atom. The standard InChI is InChI=1S/C10H21N3O4S/c1-8(2)17-10(14)12-18(15,16)13-7-5-3-4-6-9(13)11/h8-9H,3-7,11H2,1-2H3,(H,12,14). The highest BCUT2D eigenvalue weighted by Crippen LogP contribution is 2.16. The minimum Gasteiger partial charge on any atom is -0.446 e. The average molecular weight is 279 g/mol. The third-order valence-corrected chi connectivity index (χ3v) is 4.11. The Morgan fingerprint density at radius 2 is 2.06 bits per heavy atom. The van der Waals surface area contributed by atoms with E-state index in [2.05, 4.69) is 0 Å². The molecule has 1 unspecified atom stereocenters. The van der Waals surface area contributed by atoms with Gasteiger partial charge in [0.15, 0.2) is 0 Å². The lowest BCUT2D eigenvalue weighted by atomic mass is 10.2. The van der Waals surface area contributed by atoms with Crippen LogP contribution in [0.4, 0.5) is 4.79 Å². The van der Waals surface area contributed by atoms with Gasteiger partial charge in [0, 0.05) is 6.54 Å². The van der Waals surface area contributed by atoms with Crippen molar-refractivity contribution in [1.29, 1.82) is 0 Å². The van der Waals surface area contributed by atoms with E-state index in [4.69, 9.17) is 10.5 Å². The maximum atomic E-state index is 12.0. The quantitative estimate of drug-likeness (QED) is 0.784. The van der Waals surface area contributed by atoms with Crippen LogP contribution >= 0.6 is 0 Å². The summed E-state index contributed by atoms with van der Waals surface area (Å²) in [5.41, 5.74) is 5.80. The van der Waals surface area contributed by atoms with Gasteiger partial charge in [-0.25, -0.2) is 9.52 Å². The van der Waals surface area contributed by atoms with Crippen molar-refractivity contribution in [3.63, 3.8) is 0 Å². The van der Waals surface area contributed by atoms with E-state index in [0.717, 1.165) is 23.6 Å². The van der Waals surface area contributed by atoms with Crippen LogP contribution in [0.1, 0.15) is 39.5 Å². The maximum Gasteiger partial charge on any atom is 0.422 e. The molecule has 106 valence electrons. The van der Waals surface area contributed by atoms with Crippen LogP contribution in [-0.2, 0) is 14.9 Å². The van der Waals surface area contributed by atoms with E-state index in [0.29, 0.717) is 13.0 Å². The van der Waals surface area contributed by atoms with Crippen LogP contribution in [0.3, 0.4) is 0 Å². The first-order valence-electron chi connectivity index (χ1n) is 6.08. The molecule has 1 rings (SSSR count). The molecule has 1 saturated heterocycles. The number of amides is 1. The van der Waals surface area contributed by atoms with Gasteiger partial charge in [-0.2, -0.15) is 12.7 Å². The SMILES string of the molecule is CC(C)OC(=O)NS(=O)(=O)N1CCCCCC1N. The number of nitrogens with zero attached hydrogens (tertiary/aromatic N) is 1. The Balaban J connectivity index is 2.69. The molecule has 0 radical (unpaired) electrons. The molecule has 0 saturated carbocycles. The van der Waals surface area contributed by atoms with E-state index in [9.17, 15) is 13.2 Å². The number of hydrogen-bond donors (Lipinski definition) is 2. The van der Waals surface area contributed by atoms with Gasteiger partial charge in [0.05, 0.1) is 12.3 Å². The number of carbonyl (C=O) groups excluding carboxylic acids is 1. The van der Waals surface area contributed by atoms with E-state index in [1.807, 2.05) is 4.72 Å². The van der Waals surface area contributed by atoms with Gasteiger partial charge >= 0.3 is 16.3 Å². The first-order chi connectivity index (χ1) is 8.33. The van der Waals surface area contributed by atoms with Crippen LogP contribution < -0.4 is 10.5 Å². The second kappa shape index (κ2) is 6.35. The fraction of sp³-hybridized carbons (Fsp3) is 0.900. The van der Waals surface area contributed by atoms with Crippen molar-refractivity contribution in [2.24, 2.45) is 5.73 Å². The van der Waals surface area contributed by atoms with Gasteiger partial charge < -0.3 is 10.5 Å². The highest BCUT2D eigenvalue weighted by atomic mass is 32.2. The van der Waals surface area contributed by atoms with Crippen LogP contribution in [0.25, 0.3) is 0 Å². The largest absolute Gasteiger partial charge is 0.446 e. The number of ether oxygens (including phenoxy) is 1. The molecule has 1 atom stereocenters. The summed E-state index contributed by atoms with van der Waals surface area (Å²) in [6.45, 7) is 3.61. The van der Waals surface area contributed by atoms with Crippen LogP contribution in [0, 0.1) is 0 Å². The maximum absolute atomic E-state index is 12.0. The molecule has 1 amide bonds. The van der Waals surface area contributed by atoms with Crippen LogP contribution in [0.15, 0.2) is 0 Å². The average Bonchev–Trinajstić information content (AvgIpc) is 2.40. The fourth-order valence-electron chi connectivity index (χ4n) is 1.81. The van der Waals surface area contributed by atoms with Gasteiger partial charge in [0.25, 0.3) is 0 Å². The molecule has 7 nitrogen and oxygen atoms in total. The lowest BCUT2D eigenvalue weighted by Crippen LogP contribution is -2.51. The van der Waals surface area contributed by atoms with Crippen molar-refractivity contribution in [2.75, 3.05) is 6.54 Å². The summed E-state index contributed by atoms with van der Waals surface area (Å²) in [7, 11) is -3.92. The molecule has 0 aliphatic carbocycles. The fourth-order valence-corrected chi connectivity index (χ4v) is 3.02. The minimum atomic E-state index is -3.92. The first-order valence-corrected chi connectivity index (χ1v) is 7.52. The molecule has 18 heavy (non-hydrogen) atoms. The molecular formula is C10H21N3O4S. The summed E-state index contributed by atoms with van der Waals surface area (Å²) < 4.78 is 31.7. The number of nitrogens with two attached hydrogens (primary N) is 1. The predicted molar refractivity (Wildman–Crippen MR) is 66.8 cm³/mol. The Labute approximate surface area is 108 Å². The van der Waals surface area contributed by atoms with Gasteiger partial charge in [-0.15, -0.1) is 0 Å². The summed E-state index contributed by atoms with van der Waals surface area (Å²) in [4.78, 5) is 11.3.